The van der Waals surface area contributed by atoms with E-state index < -0.39 is 0 Å². The molecule has 1 amide bonds. The van der Waals surface area contributed by atoms with Crippen molar-refractivity contribution in [1.29, 1.82) is 0 Å². The van der Waals surface area contributed by atoms with Crippen LogP contribution in [-0.4, -0.2) is 20.1 Å². The minimum Gasteiger partial charge on any atom is -0.496 e. The highest BCUT2D eigenvalue weighted by Gasteiger charge is 2.19. The monoisotopic (exact) mass is 331 g/mol. The molecular weight excluding hydrogens is 310 g/mol. The first-order chi connectivity index (χ1) is 12.1. The Bertz CT molecular complexity index is 888. The number of para-hydroxylation sites is 1. The Morgan fingerprint density at radius 1 is 0.880 bits per heavy atom. The fourth-order valence-electron chi connectivity index (χ4n) is 2.99. The van der Waals surface area contributed by atoms with E-state index in [1.807, 2.05) is 86.8 Å². The zero-order chi connectivity index (χ0) is 17.8. The van der Waals surface area contributed by atoms with Crippen molar-refractivity contribution in [2.75, 3.05) is 19.1 Å². The van der Waals surface area contributed by atoms with Gasteiger partial charge < -0.3 is 9.64 Å². The van der Waals surface area contributed by atoms with Crippen LogP contribution >= 0.6 is 0 Å². The molecule has 3 aromatic rings. The first-order valence-electron chi connectivity index (χ1n) is 8.19. The number of carbonyl (C=O) groups excluding carboxylic acids is 1. The van der Waals surface area contributed by atoms with Crippen molar-refractivity contribution in [3.63, 3.8) is 0 Å². The maximum absolute atomic E-state index is 13.1. The number of hydrogen-bond donors (Lipinski definition) is 0. The molecule has 3 rings (SSSR count). The molecule has 0 aliphatic rings. The van der Waals surface area contributed by atoms with Crippen molar-refractivity contribution in [2.24, 2.45) is 0 Å². The predicted octanol–water partition coefficient (Wildman–Crippen LogP) is 4.95. The Balaban J connectivity index is 2.02. The molecule has 0 unspecified atom stereocenters. The molecule has 0 saturated carbocycles. The van der Waals surface area contributed by atoms with Crippen LogP contribution in [0.5, 0.6) is 5.75 Å². The van der Waals surface area contributed by atoms with Crippen molar-refractivity contribution >= 4 is 11.6 Å². The third-order valence-corrected chi connectivity index (χ3v) is 4.39. The van der Waals surface area contributed by atoms with Gasteiger partial charge in [0.1, 0.15) is 5.75 Å². The summed E-state index contributed by atoms with van der Waals surface area (Å²) in [7, 11) is 3.42. The summed E-state index contributed by atoms with van der Waals surface area (Å²) in [5, 5.41) is 0. The van der Waals surface area contributed by atoms with E-state index in [9.17, 15) is 4.79 Å². The molecule has 0 aliphatic heterocycles. The number of rotatable bonds is 4. The van der Waals surface area contributed by atoms with Crippen molar-refractivity contribution < 1.29 is 9.53 Å². The van der Waals surface area contributed by atoms with Gasteiger partial charge in [0.25, 0.3) is 5.91 Å². The Morgan fingerprint density at radius 3 is 2.28 bits per heavy atom. The van der Waals surface area contributed by atoms with Gasteiger partial charge in [-0.15, -0.1) is 0 Å². The van der Waals surface area contributed by atoms with Crippen molar-refractivity contribution in [3.8, 4) is 16.9 Å². The van der Waals surface area contributed by atoms with Gasteiger partial charge in [0.2, 0.25) is 0 Å². The number of benzene rings is 3. The average molecular weight is 331 g/mol. The maximum atomic E-state index is 13.1. The van der Waals surface area contributed by atoms with Crippen LogP contribution in [0.15, 0.2) is 72.8 Å². The summed E-state index contributed by atoms with van der Waals surface area (Å²) in [5.74, 6) is 0.662. The molecule has 25 heavy (non-hydrogen) atoms. The molecule has 3 heteroatoms. The lowest BCUT2D eigenvalue weighted by molar-refractivity contribution is 0.0992. The Morgan fingerprint density at radius 2 is 1.56 bits per heavy atom. The minimum absolute atomic E-state index is 0.0558. The van der Waals surface area contributed by atoms with Crippen LogP contribution < -0.4 is 9.64 Å². The lowest BCUT2D eigenvalue weighted by atomic mass is 10.0. The van der Waals surface area contributed by atoms with Gasteiger partial charge in [0.05, 0.1) is 12.8 Å². The third-order valence-electron chi connectivity index (χ3n) is 4.39. The van der Waals surface area contributed by atoms with Crippen LogP contribution in [0.1, 0.15) is 15.9 Å². The van der Waals surface area contributed by atoms with Gasteiger partial charge in [-0.1, -0.05) is 54.6 Å². The molecule has 0 saturated heterocycles. The number of amides is 1. The molecule has 0 radical (unpaired) electrons. The SMILES string of the molecule is COc1cccc(C(=O)N(C)c2ccccc2-c2ccccc2)c1C. The molecule has 126 valence electrons. The first kappa shape index (κ1) is 16.8. The zero-order valence-electron chi connectivity index (χ0n) is 14.7. The van der Waals surface area contributed by atoms with Crippen LogP contribution in [0, 0.1) is 6.92 Å². The van der Waals surface area contributed by atoms with E-state index in [1.165, 1.54) is 0 Å². The predicted molar refractivity (Wildman–Crippen MR) is 102 cm³/mol. The van der Waals surface area contributed by atoms with Crippen molar-refractivity contribution in [1.82, 2.24) is 0 Å². The minimum atomic E-state index is -0.0558. The topological polar surface area (TPSA) is 29.5 Å². The molecule has 0 N–H and O–H groups in total. The van der Waals surface area contributed by atoms with Gasteiger partial charge in [-0.3, -0.25) is 4.79 Å². The zero-order valence-corrected chi connectivity index (χ0v) is 14.7. The van der Waals surface area contributed by atoms with Crippen molar-refractivity contribution in [2.45, 2.75) is 6.92 Å². The second-order valence-electron chi connectivity index (χ2n) is 5.88. The van der Waals surface area contributed by atoms with Crippen LogP contribution in [0.25, 0.3) is 11.1 Å². The summed E-state index contributed by atoms with van der Waals surface area (Å²) in [5.41, 5.74) is 4.48. The van der Waals surface area contributed by atoms with Crippen LogP contribution in [-0.2, 0) is 0 Å². The standard InChI is InChI=1S/C22H21NO2/c1-16-18(13-9-15-21(16)25-3)22(24)23(2)20-14-8-7-12-19(20)17-10-5-4-6-11-17/h4-15H,1-3H3. The summed E-state index contributed by atoms with van der Waals surface area (Å²) >= 11 is 0. The van der Waals surface area contributed by atoms with Crippen LogP contribution in [0.3, 0.4) is 0 Å². The van der Waals surface area contributed by atoms with E-state index in [0.29, 0.717) is 5.56 Å². The highest BCUT2D eigenvalue weighted by atomic mass is 16.5. The summed E-state index contributed by atoms with van der Waals surface area (Å²) in [4.78, 5) is 14.8. The van der Waals surface area contributed by atoms with Crippen LogP contribution in [0.4, 0.5) is 5.69 Å². The number of nitrogens with zero attached hydrogens (tertiary/aromatic N) is 1. The molecule has 0 aromatic heterocycles. The van der Waals surface area contributed by atoms with E-state index in [1.54, 1.807) is 12.0 Å². The Labute approximate surface area is 148 Å². The highest BCUT2D eigenvalue weighted by Crippen LogP contribution is 2.31. The summed E-state index contributed by atoms with van der Waals surface area (Å²) in [6.07, 6.45) is 0. The fourth-order valence-corrected chi connectivity index (χ4v) is 2.99. The number of hydrogen-bond acceptors (Lipinski definition) is 2. The molecule has 3 nitrogen and oxygen atoms in total. The molecule has 3 aromatic carbocycles. The summed E-state index contributed by atoms with van der Waals surface area (Å²) in [6.45, 7) is 1.91. The quantitative estimate of drug-likeness (QED) is 0.677. The van der Waals surface area contributed by atoms with E-state index in [0.717, 1.165) is 28.1 Å². The summed E-state index contributed by atoms with van der Waals surface area (Å²) in [6, 6.07) is 23.6. The lowest BCUT2D eigenvalue weighted by Gasteiger charge is -2.22. The molecule has 0 bridgehead atoms. The Kier molecular flexibility index (Phi) is 4.85. The van der Waals surface area contributed by atoms with Gasteiger partial charge in [0, 0.05) is 23.7 Å². The number of methoxy groups -OCH3 is 1. The molecule has 0 spiro atoms. The molecule has 0 heterocycles. The van der Waals surface area contributed by atoms with Crippen LogP contribution in [0.2, 0.25) is 0 Å². The normalized spacial score (nSPS) is 10.4. The second kappa shape index (κ2) is 7.22. The Hall–Kier alpha value is -3.07. The van der Waals surface area contributed by atoms with Gasteiger partial charge in [0.15, 0.2) is 0 Å². The lowest BCUT2D eigenvalue weighted by Crippen LogP contribution is -2.27. The maximum Gasteiger partial charge on any atom is 0.258 e. The number of carbonyl (C=O) groups is 1. The highest BCUT2D eigenvalue weighted by molar-refractivity contribution is 6.08. The van der Waals surface area contributed by atoms with E-state index >= 15 is 0 Å². The third kappa shape index (κ3) is 3.26. The average Bonchev–Trinajstić information content (AvgIpc) is 2.68. The summed E-state index contributed by atoms with van der Waals surface area (Å²) < 4.78 is 5.34. The first-order valence-corrected chi connectivity index (χ1v) is 8.19. The fraction of sp³-hybridized carbons (Fsp3) is 0.136. The van der Waals surface area contributed by atoms with Gasteiger partial charge in [-0.2, -0.15) is 0 Å². The smallest absolute Gasteiger partial charge is 0.258 e. The van der Waals surface area contributed by atoms with Gasteiger partial charge in [-0.05, 0) is 30.7 Å². The molecule has 0 atom stereocenters. The molecular formula is C22H21NO2. The van der Waals surface area contributed by atoms with E-state index in [2.05, 4.69) is 0 Å². The van der Waals surface area contributed by atoms with Gasteiger partial charge >= 0.3 is 0 Å². The van der Waals surface area contributed by atoms with Crippen molar-refractivity contribution in [3.05, 3.63) is 83.9 Å². The second-order valence-corrected chi connectivity index (χ2v) is 5.88. The largest absolute Gasteiger partial charge is 0.496 e. The van der Waals surface area contributed by atoms with E-state index in [4.69, 9.17) is 4.74 Å². The van der Waals surface area contributed by atoms with Gasteiger partial charge in [-0.25, -0.2) is 0 Å². The number of anilines is 1. The van der Waals surface area contributed by atoms with E-state index in [-0.39, 0.29) is 5.91 Å². The number of ether oxygens (including phenoxy) is 1. The molecule has 0 fully saturated rings. The molecule has 0 aliphatic carbocycles.